The summed E-state index contributed by atoms with van der Waals surface area (Å²) in [5.74, 6) is -0.145. The molecule has 2 rings (SSSR count). The molecule has 100 valence electrons. The van der Waals surface area contributed by atoms with Crippen molar-refractivity contribution < 1.29 is 4.79 Å². The van der Waals surface area contributed by atoms with Gasteiger partial charge < -0.3 is 10.6 Å². The average Bonchev–Trinajstić information content (AvgIpc) is 2.83. The summed E-state index contributed by atoms with van der Waals surface area (Å²) in [5, 5.41) is 10.1. The van der Waals surface area contributed by atoms with Crippen LogP contribution in [0.4, 0.5) is 5.69 Å². The Morgan fingerprint density at radius 3 is 2.95 bits per heavy atom. The predicted molar refractivity (Wildman–Crippen MR) is 72.8 cm³/mol. The van der Waals surface area contributed by atoms with E-state index in [0.717, 1.165) is 17.8 Å². The summed E-state index contributed by atoms with van der Waals surface area (Å²) >= 11 is 0. The van der Waals surface area contributed by atoms with Crippen molar-refractivity contribution in [3.8, 4) is 0 Å². The first-order valence-electron chi connectivity index (χ1n) is 6.14. The number of aromatic nitrogens is 3. The third-order valence-electron chi connectivity index (χ3n) is 2.64. The predicted octanol–water partition coefficient (Wildman–Crippen LogP) is 1.18. The number of carbonyl (C=O) groups excluding carboxylic acids is 1. The van der Waals surface area contributed by atoms with Gasteiger partial charge in [-0.1, -0.05) is 0 Å². The van der Waals surface area contributed by atoms with Crippen LogP contribution in [-0.2, 0) is 13.6 Å². The van der Waals surface area contributed by atoms with Crippen LogP contribution in [0.25, 0.3) is 0 Å². The highest BCUT2D eigenvalue weighted by atomic mass is 16.1. The molecule has 0 aliphatic rings. The summed E-state index contributed by atoms with van der Waals surface area (Å²) in [4.78, 5) is 16.1. The van der Waals surface area contributed by atoms with Crippen LogP contribution in [0.1, 0.15) is 22.8 Å². The minimum atomic E-state index is -0.145. The summed E-state index contributed by atoms with van der Waals surface area (Å²) in [5.41, 5.74) is 2.30. The molecular formula is C13H17N5O. The van der Waals surface area contributed by atoms with Gasteiger partial charge in [0, 0.05) is 44.3 Å². The highest BCUT2D eigenvalue weighted by molar-refractivity contribution is 5.99. The van der Waals surface area contributed by atoms with Crippen LogP contribution in [0.5, 0.6) is 0 Å². The second kappa shape index (κ2) is 5.99. The van der Waals surface area contributed by atoms with Crippen LogP contribution < -0.4 is 10.6 Å². The molecule has 6 nitrogen and oxygen atoms in total. The van der Waals surface area contributed by atoms with Crippen molar-refractivity contribution in [2.24, 2.45) is 7.05 Å². The molecule has 19 heavy (non-hydrogen) atoms. The molecule has 2 heterocycles. The van der Waals surface area contributed by atoms with Gasteiger partial charge in [0.15, 0.2) is 0 Å². The summed E-state index contributed by atoms with van der Waals surface area (Å²) in [6, 6.07) is 1.79. The number of amides is 1. The molecule has 0 saturated carbocycles. The van der Waals surface area contributed by atoms with Crippen LogP contribution in [0.3, 0.4) is 0 Å². The number of anilines is 1. The van der Waals surface area contributed by atoms with E-state index in [4.69, 9.17) is 0 Å². The van der Waals surface area contributed by atoms with Gasteiger partial charge in [-0.2, -0.15) is 5.10 Å². The third kappa shape index (κ3) is 3.31. The number of pyridine rings is 1. The highest BCUT2D eigenvalue weighted by Crippen LogP contribution is 2.13. The zero-order valence-corrected chi connectivity index (χ0v) is 11.1. The minimum absolute atomic E-state index is 0.145. The topological polar surface area (TPSA) is 71.8 Å². The van der Waals surface area contributed by atoms with Gasteiger partial charge in [-0.3, -0.25) is 14.5 Å². The quantitative estimate of drug-likeness (QED) is 0.845. The van der Waals surface area contributed by atoms with Crippen molar-refractivity contribution in [1.29, 1.82) is 0 Å². The largest absolute Gasteiger partial charge is 0.385 e. The van der Waals surface area contributed by atoms with Gasteiger partial charge in [0.05, 0.1) is 17.4 Å². The molecule has 1 amide bonds. The molecule has 0 unspecified atom stereocenters. The molecule has 6 heteroatoms. The number of nitrogens with zero attached hydrogens (tertiary/aromatic N) is 3. The van der Waals surface area contributed by atoms with Crippen molar-refractivity contribution in [3.05, 3.63) is 42.0 Å². The van der Waals surface area contributed by atoms with Crippen LogP contribution in [0, 0.1) is 0 Å². The SMILES string of the molecule is CCNc1ccncc1C(=O)NCc1cnn(C)c1. The number of hydrogen-bond donors (Lipinski definition) is 2. The van der Waals surface area contributed by atoms with E-state index in [-0.39, 0.29) is 5.91 Å². The molecule has 0 saturated heterocycles. The lowest BCUT2D eigenvalue weighted by Gasteiger charge is -2.09. The second-order valence-corrected chi connectivity index (χ2v) is 4.16. The summed E-state index contributed by atoms with van der Waals surface area (Å²) in [6.07, 6.45) is 6.83. The Balaban J connectivity index is 2.03. The van der Waals surface area contributed by atoms with E-state index in [1.165, 1.54) is 0 Å². The summed E-state index contributed by atoms with van der Waals surface area (Å²) < 4.78 is 1.70. The molecular weight excluding hydrogens is 242 g/mol. The van der Waals surface area contributed by atoms with Gasteiger partial charge in [0.2, 0.25) is 0 Å². The molecule has 2 aromatic rings. The third-order valence-corrected chi connectivity index (χ3v) is 2.64. The molecule has 0 spiro atoms. The number of carbonyl (C=O) groups is 1. The maximum atomic E-state index is 12.1. The van der Waals surface area contributed by atoms with Crippen molar-refractivity contribution in [2.45, 2.75) is 13.5 Å². The van der Waals surface area contributed by atoms with Crippen molar-refractivity contribution >= 4 is 11.6 Å². The summed E-state index contributed by atoms with van der Waals surface area (Å²) in [7, 11) is 1.84. The van der Waals surface area contributed by atoms with Crippen molar-refractivity contribution in [1.82, 2.24) is 20.1 Å². The van der Waals surface area contributed by atoms with Gasteiger partial charge in [-0.25, -0.2) is 0 Å². The molecule has 0 aromatic carbocycles. The molecule has 0 atom stereocenters. The Hall–Kier alpha value is -2.37. The Labute approximate surface area is 111 Å². The van der Waals surface area contributed by atoms with E-state index in [0.29, 0.717) is 12.1 Å². The first-order chi connectivity index (χ1) is 9.20. The molecule has 0 fully saturated rings. The maximum absolute atomic E-state index is 12.1. The first-order valence-corrected chi connectivity index (χ1v) is 6.14. The van der Waals surface area contributed by atoms with E-state index in [2.05, 4.69) is 20.7 Å². The van der Waals surface area contributed by atoms with E-state index < -0.39 is 0 Å². The Morgan fingerprint density at radius 2 is 2.26 bits per heavy atom. The Kier molecular flexibility index (Phi) is 4.12. The normalized spacial score (nSPS) is 10.2. The molecule has 0 bridgehead atoms. The lowest BCUT2D eigenvalue weighted by Crippen LogP contribution is -2.24. The zero-order chi connectivity index (χ0) is 13.7. The number of nitrogens with one attached hydrogen (secondary N) is 2. The fourth-order valence-electron chi connectivity index (χ4n) is 1.76. The average molecular weight is 259 g/mol. The van der Waals surface area contributed by atoms with Crippen LogP contribution in [0.15, 0.2) is 30.9 Å². The molecule has 0 aliphatic carbocycles. The van der Waals surface area contributed by atoms with Crippen molar-refractivity contribution in [2.75, 3.05) is 11.9 Å². The van der Waals surface area contributed by atoms with Crippen LogP contribution in [-0.4, -0.2) is 27.2 Å². The van der Waals surface area contributed by atoms with Gasteiger partial charge in [-0.05, 0) is 13.0 Å². The molecule has 0 aliphatic heterocycles. The fraction of sp³-hybridized carbons (Fsp3) is 0.308. The van der Waals surface area contributed by atoms with Crippen molar-refractivity contribution in [3.63, 3.8) is 0 Å². The van der Waals surface area contributed by atoms with Crippen LogP contribution >= 0.6 is 0 Å². The zero-order valence-electron chi connectivity index (χ0n) is 11.1. The fourth-order valence-corrected chi connectivity index (χ4v) is 1.76. The van der Waals surface area contributed by atoms with Crippen LogP contribution in [0.2, 0.25) is 0 Å². The first kappa shape index (κ1) is 13.1. The van der Waals surface area contributed by atoms with E-state index in [1.54, 1.807) is 29.3 Å². The monoisotopic (exact) mass is 259 g/mol. The second-order valence-electron chi connectivity index (χ2n) is 4.16. The van der Waals surface area contributed by atoms with Gasteiger partial charge in [-0.15, -0.1) is 0 Å². The summed E-state index contributed by atoms with van der Waals surface area (Å²) in [6.45, 7) is 3.19. The Morgan fingerprint density at radius 1 is 1.42 bits per heavy atom. The van der Waals surface area contributed by atoms with Gasteiger partial charge in [0.1, 0.15) is 0 Å². The minimum Gasteiger partial charge on any atom is -0.385 e. The smallest absolute Gasteiger partial charge is 0.255 e. The van der Waals surface area contributed by atoms with E-state index in [9.17, 15) is 4.79 Å². The van der Waals surface area contributed by atoms with Gasteiger partial charge >= 0.3 is 0 Å². The van der Waals surface area contributed by atoms with E-state index in [1.807, 2.05) is 20.2 Å². The maximum Gasteiger partial charge on any atom is 0.255 e. The van der Waals surface area contributed by atoms with Gasteiger partial charge in [0.25, 0.3) is 5.91 Å². The Bertz CT molecular complexity index is 564. The highest BCUT2D eigenvalue weighted by Gasteiger charge is 2.10. The molecule has 2 aromatic heterocycles. The lowest BCUT2D eigenvalue weighted by molar-refractivity contribution is 0.0951. The molecule has 0 radical (unpaired) electrons. The number of rotatable bonds is 5. The van der Waals surface area contributed by atoms with E-state index >= 15 is 0 Å². The standard InChI is InChI=1S/C13H17N5O/c1-3-15-12-4-5-14-8-11(12)13(19)16-6-10-7-17-18(2)9-10/h4-5,7-9H,3,6H2,1-2H3,(H,14,15)(H,16,19). The lowest BCUT2D eigenvalue weighted by atomic mass is 10.2. The number of aryl methyl sites for hydroxylation is 1. The number of hydrogen-bond acceptors (Lipinski definition) is 4. The molecule has 2 N–H and O–H groups in total.